The summed E-state index contributed by atoms with van der Waals surface area (Å²) in [6.45, 7) is 2.83. The van der Waals surface area contributed by atoms with E-state index in [4.69, 9.17) is 15.2 Å². The third kappa shape index (κ3) is 3.76. The van der Waals surface area contributed by atoms with Crippen LogP contribution in [0.1, 0.15) is 18.1 Å². The second-order valence-electron chi connectivity index (χ2n) is 5.19. The predicted molar refractivity (Wildman–Crippen MR) is 95.0 cm³/mol. The highest BCUT2D eigenvalue weighted by Gasteiger charge is 2.17. The lowest BCUT2D eigenvalue weighted by Gasteiger charge is -2.08. The zero-order chi connectivity index (χ0) is 16.2. The number of nitrogens with zero attached hydrogens (tertiary/aromatic N) is 1. The van der Waals surface area contributed by atoms with Crippen LogP contribution in [0.5, 0.6) is 11.5 Å². The summed E-state index contributed by atoms with van der Waals surface area (Å²) in [6, 6.07) is 12.0. The molecule has 2 aromatic rings. The molecule has 23 heavy (non-hydrogen) atoms. The molecular formula is C17H18BrN3O2. The highest BCUT2D eigenvalue weighted by Crippen LogP contribution is 2.40. The van der Waals surface area contributed by atoms with Crippen LogP contribution in [0.25, 0.3) is 0 Å². The molecule has 120 valence electrons. The minimum atomic E-state index is 0.248. The number of aryl methyl sites for hydroxylation is 1. The molecule has 0 amide bonds. The number of guanidine groups is 1. The average Bonchev–Trinajstić information content (AvgIpc) is 3.02. The topological polar surface area (TPSA) is 68.9 Å². The van der Waals surface area contributed by atoms with Gasteiger partial charge in [-0.15, -0.1) is 0 Å². The Balaban J connectivity index is 1.68. The molecule has 5 nitrogen and oxygen atoms in total. The molecule has 6 heteroatoms. The first kappa shape index (κ1) is 15.7. The Labute approximate surface area is 143 Å². The van der Waals surface area contributed by atoms with Crippen molar-refractivity contribution in [2.75, 3.05) is 12.1 Å². The summed E-state index contributed by atoms with van der Waals surface area (Å²) in [4.78, 5) is 4.38. The molecule has 0 radical (unpaired) electrons. The van der Waals surface area contributed by atoms with Gasteiger partial charge in [-0.3, -0.25) is 0 Å². The highest BCUT2D eigenvalue weighted by molar-refractivity contribution is 9.10. The number of nitrogens with two attached hydrogens (primary N) is 1. The largest absolute Gasteiger partial charge is 0.454 e. The van der Waals surface area contributed by atoms with Gasteiger partial charge < -0.3 is 20.5 Å². The number of anilines is 1. The van der Waals surface area contributed by atoms with Gasteiger partial charge in [0.25, 0.3) is 0 Å². The molecule has 1 aliphatic rings. The summed E-state index contributed by atoms with van der Waals surface area (Å²) in [6.07, 6.45) is 0.984. The number of halogens is 1. The lowest BCUT2D eigenvalue weighted by atomic mass is 10.1. The van der Waals surface area contributed by atoms with Crippen molar-refractivity contribution in [1.82, 2.24) is 0 Å². The fourth-order valence-corrected chi connectivity index (χ4v) is 2.95. The van der Waals surface area contributed by atoms with Gasteiger partial charge >= 0.3 is 0 Å². The van der Waals surface area contributed by atoms with Crippen molar-refractivity contribution in [1.29, 1.82) is 0 Å². The molecule has 0 aromatic heterocycles. The van der Waals surface area contributed by atoms with Crippen molar-refractivity contribution in [2.24, 2.45) is 10.7 Å². The van der Waals surface area contributed by atoms with Gasteiger partial charge in [-0.1, -0.05) is 19.1 Å². The van der Waals surface area contributed by atoms with Crippen LogP contribution < -0.4 is 20.5 Å². The molecule has 1 aliphatic heterocycles. The van der Waals surface area contributed by atoms with Crippen molar-refractivity contribution < 1.29 is 9.47 Å². The average molecular weight is 376 g/mol. The van der Waals surface area contributed by atoms with Gasteiger partial charge in [0, 0.05) is 5.69 Å². The summed E-state index contributed by atoms with van der Waals surface area (Å²) in [5.41, 5.74) is 9.16. The molecule has 0 saturated heterocycles. The van der Waals surface area contributed by atoms with Crippen molar-refractivity contribution in [3.63, 3.8) is 0 Å². The van der Waals surface area contributed by atoms with Crippen molar-refractivity contribution in [2.45, 2.75) is 19.9 Å². The van der Waals surface area contributed by atoms with Crippen LogP contribution in [0.4, 0.5) is 5.69 Å². The second kappa shape index (κ2) is 6.91. The molecular weight excluding hydrogens is 358 g/mol. The number of ether oxygens (including phenoxy) is 2. The molecule has 0 spiro atoms. The van der Waals surface area contributed by atoms with E-state index in [-0.39, 0.29) is 6.79 Å². The quantitative estimate of drug-likeness (QED) is 0.631. The zero-order valence-electron chi connectivity index (χ0n) is 12.8. The molecule has 3 N–H and O–H groups in total. The first-order valence-electron chi connectivity index (χ1n) is 7.39. The summed E-state index contributed by atoms with van der Waals surface area (Å²) in [5, 5.41) is 3.11. The Morgan fingerprint density at radius 2 is 2.13 bits per heavy atom. The summed E-state index contributed by atoms with van der Waals surface area (Å²) in [5.74, 6) is 1.85. The minimum Gasteiger partial charge on any atom is -0.454 e. The van der Waals surface area contributed by atoms with Crippen molar-refractivity contribution in [3.8, 4) is 11.5 Å². The Kier molecular flexibility index (Phi) is 4.71. The monoisotopic (exact) mass is 375 g/mol. The zero-order valence-corrected chi connectivity index (χ0v) is 14.4. The van der Waals surface area contributed by atoms with Gasteiger partial charge in [-0.05, 0) is 57.7 Å². The van der Waals surface area contributed by atoms with Crippen LogP contribution in [0.2, 0.25) is 0 Å². The van der Waals surface area contributed by atoms with E-state index in [1.165, 1.54) is 5.56 Å². The van der Waals surface area contributed by atoms with Crippen LogP contribution >= 0.6 is 15.9 Å². The first-order chi connectivity index (χ1) is 11.2. The van der Waals surface area contributed by atoms with Gasteiger partial charge in [0.2, 0.25) is 6.79 Å². The Bertz CT molecular complexity index is 747. The Hall–Kier alpha value is -2.21. The lowest BCUT2D eigenvalue weighted by Crippen LogP contribution is -2.22. The fourth-order valence-electron chi connectivity index (χ4n) is 2.34. The van der Waals surface area contributed by atoms with E-state index in [9.17, 15) is 0 Å². The minimum absolute atomic E-state index is 0.248. The van der Waals surface area contributed by atoms with E-state index >= 15 is 0 Å². The normalized spacial score (nSPS) is 13.2. The molecule has 0 atom stereocenters. The Morgan fingerprint density at radius 1 is 1.26 bits per heavy atom. The molecule has 0 fully saturated rings. The lowest BCUT2D eigenvalue weighted by molar-refractivity contribution is 0.173. The Morgan fingerprint density at radius 3 is 2.96 bits per heavy atom. The summed E-state index contributed by atoms with van der Waals surface area (Å²) < 4.78 is 11.6. The SMILES string of the molecule is CCc1cccc(NC(N)=NCc2cc(Br)c3c(c2)OCO3)c1. The van der Waals surface area contributed by atoms with Crippen LogP contribution in [-0.4, -0.2) is 12.8 Å². The van der Waals surface area contributed by atoms with Gasteiger partial charge in [0.05, 0.1) is 11.0 Å². The van der Waals surface area contributed by atoms with Crippen LogP contribution in [0.15, 0.2) is 45.9 Å². The number of fused-ring (bicyclic) bond motifs is 1. The maximum atomic E-state index is 5.97. The van der Waals surface area contributed by atoms with E-state index in [2.05, 4.69) is 45.3 Å². The number of benzene rings is 2. The van der Waals surface area contributed by atoms with Crippen molar-refractivity contribution >= 4 is 27.6 Å². The summed E-state index contributed by atoms with van der Waals surface area (Å²) >= 11 is 3.47. The van der Waals surface area contributed by atoms with Crippen LogP contribution in [0.3, 0.4) is 0 Å². The fraction of sp³-hybridized carbons (Fsp3) is 0.235. The first-order valence-corrected chi connectivity index (χ1v) is 8.19. The van der Waals surface area contributed by atoms with Gasteiger partial charge in [0.15, 0.2) is 17.5 Å². The number of aliphatic imine (C=N–C) groups is 1. The highest BCUT2D eigenvalue weighted by atomic mass is 79.9. The predicted octanol–water partition coefficient (Wildman–Crippen LogP) is 3.67. The van der Waals surface area contributed by atoms with E-state index in [1.54, 1.807) is 0 Å². The van der Waals surface area contributed by atoms with Gasteiger partial charge in [0.1, 0.15) is 0 Å². The second-order valence-corrected chi connectivity index (χ2v) is 6.05. The van der Waals surface area contributed by atoms with E-state index in [0.717, 1.165) is 33.6 Å². The van der Waals surface area contributed by atoms with E-state index in [1.807, 2.05) is 24.3 Å². The third-order valence-electron chi connectivity index (χ3n) is 3.53. The molecule has 0 aliphatic carbocycles. The molecule has 0 bridgehead atoms. The number of nitrogens with one attached hydrogen (secondary N) is 1. The summed E-state index contributed by atoms with van der Waals surface area (Å²) in [7, 11) is 0. The number of hydrogen-bond donors (Lipinski definition) is 2. The van der Waals surface area contributed by atoms with Crippen LogP contribution in [-0.2, 0) is 13.0 Å². The maximum Gasteiger partial charge on any atom is 0.231 e. The third-order valence-corrected chi connectivity index (χ3v) is 4.12. The standard InChI is InChI=1S/C17H18BrN3O2/c1-2-11-4-3-5-13(6-11)21-17(19)20-9-12-7-14(18)16-15(8-12)22-10-23-16/h3-8H,2,9-10H2,1H3,(H3,19,20,21). The smallest absolute Gasteiger partial charge is 0.231 e. The molecule has 3 rings (SSSR count). The van der Waals surface area contributed by atoms with Crippen molar-refractivity contribution in [3.05, 3.63) is 52.0 Å². The number of hydrogen-bond acceptors (Lipinski definition) is 3. The van der Waals surface area contributed by atoms with E-state index in [0.29, 0.717) is 12.5 Å². The molecule has 1 heterocycles. The molecule has 0 unspecified atom stereocenters. The maximum absolute atomic E-state index is 5.97. The van der Waals surface area contributed by atoms with Gasteiger partial charge in [-0.25, -0.2) is 4.99 Å². The van der Waals surface area contributed by atoms with Crippen LogP contribution in [0, 0.1) is 0 Å². The van der Waals surface area contributed by atoms with Gasteiger partial charge in [-0.2, -0.15) is 0 Å². The number of rotatable bonds is 4. The molecule has 2 aromatic carbocycles. The van der Waals surface area contributed by atoms with E-state index < -0.39 is 0 Å². The molecule has 0 saturated carbocycles.